The van der Waals surface area contributed by atoms with Gasteiger partial charge >= 0.3 is 0 Å². The van der Waals surface area contributed by atoms with E-state index in [1.807, 2.05) is 0 Å². The number of amides is 1. The number of nitrogens with zero attached hydrogens (tertiary/aromatic N) is 1. The highest BCUT2D eigenvalue weighted by molar-refractivity contribution is 5.94. The van der Waals surface area contributed by atoms with Crippen molar-refractivity contribution in [3.05, 3.63) is 29.6 Å². The third kappa shape index (κ3) is 2.88. The van der Waals surface area contributed by atoms with E-state index in [0.29, 0.717) is 0 Å². The molecular weight excluding hydrogens is 223 g/mol. The number of phenols is 1. The maximum absolute atomic E-state index is 13.2. The van der Waals surface area contributed by atoms with Crippen LogP contribution in [0.25, 0.3) is 0 Å². The van der Waals surface area contributed by atoms with Gasteiger partial charge < -0.3 is 10.0 Å². The van der Waals surface area contributed by atoms with Crippen LogP contribution < -0.4 is 0 Å². The molecule has 0 spiro atoms. The minimum absolute atomic E-state index is 0.328. The van der Waals surface area contributed by atoms with Crippen molar-refractivity contribution in [1.82, 2.24) is 4.90 Å². The molecule has 1 aromatic rings. The molecule has 0 atom stereocenters. The van der Waals surface area contributed by atoms with Crippen LogP contribution in [-0.2, 0) is 0 Å². The van der Waals surface area contributed by atoms with Crippen molar-refractivity contribution in [1.29, 1.82) is 0 Å². The largest absolute Gasteiger partial charge is 0.508 e. The fourth-order valence-corrected chi connectivity index (χ4v) is 1.17. The van der Waals surface area contributed by atoms with Crippen molar-refractivity contribution in [2.24, 2.45) is 0 Å². The molecule has 88 valence electrons. The van der Waals surface area contributed by atoms with Gasteiger partial charge in [-0.25, -0.2) is 13.2 Å². The molecule has 0 heterocycles. The molecule has 0 unspecified atom stereocenters. The zero-order valence-electron chi connectivity index (χ0n) is 8.45. The van der Waals surface area contributed by atoms with Crippen LogP contribution in [0.2, 0.25) is 0 Å². The van der Waals surface area contributed by atoms with Crippen LogP contribution >= 0.6 is 0 Å². The monoisotopic (exact) mass is 233 g/mol. The van der Waals surface area contributed by atoms with Crippen LogP contribution in [0.1, 0.15) is 10.4 Å². The Morgan fingerprint density at radius 3 is 2.62 bits per heavy atom. The van der Waals surface area contributed by atoms with Gasteiger partial charge in [-0.2, -0.15) is 0 Å². The summed E-state index contributed by atoms with van der Waals surface area (Å²) in [6, 6.07) is 2.92. The first-order valence-electron chi connectivity index (χ1n) is 4.44. The molecule has 0 aromatic heterocycles. The van der Waals surface area contributed by atoms with Crippen molar-refractivity contribution >= 4 is 5.91 Å². The molecule has 0 saturated heterocycles. The van der Waals surface area contributed by atoms with Crippen LogP contribution in [0.15, 0.2) is 18.2 Å². The number of hydrogen-bond donors (Lipinski definition) is 1. The molecule has 0 aliphatic rings. The summed E-state index contributed by atoms with van der Waals surface area (Å²) in [5.74, 6) is -2.12. The number of phenolic OH excluding ortho intramolecular Hbond substituents is 1. The first-order valence-corrected chi connectivity index (χ1v) is 4.44. The summed E-state index contributed by atoms with van der Waals surface area (Å²) in [7, 11) is 1.15. The highest BCUT2D eigenvalue weighted by Gasteiger charge is 2.19. The van der Waals surface area contributed by atoms with Crippen LogP contribution in [0.3, 0.4) is 0 Å². The highest BCUT2D eigenvalue weighted by atomic mass is 19.3. The molecule has 0 fully saturated rings. The second-order valence-electron chi connectivity index (χ2n) is 3.24. The van der Waals surface area contributed by atoms with E-state index in [9.17, 15) is 18.0 Å². The molecule has 0 aliphatic carbocycles. The van der Waals surface area contributed by atoms with E-state index in [-0.39, 0.29) is 11.3 Å². The van der Waals surface area contributed by atoms with E-state index in [1.165, 1.54) is 0 Å². The normalized spacial score (nSPS) is 10.6. The van der Waals surface area contributed by atoms with Gasteiger partial charge in [0.1, 0.15) is 11.6 Å². The minimum atomic E-state index is -2.67. The molecule has 0 bridgehead atoms. The average molecular weight is 233 g/mol. The third-order valence-corrected chi connectivity index (χ3v) is 1.94. The molecule has 0 saturated carbocycles. The van der Waals surface area contributed by atoms with Crippen molar-refractivity contribution in [2.45, 2.75) is 6.43 Å². The summed E-state index contributed by atoms with van der Waals surface area (Å²) in [6.07, 6.45) is -2.67. The van der Waals surface area contributed by atoms with E-state index in [4.69, 9.17) is 5.11 Å². The lowest BCUT2D eigenvalue weighted by Gasteiger charge is -2.16. The molecular formula is C10H10F3NO2. The summed E-state index contributed by atoms with van der Waals surface area (Å²) in [4.78, 5) is 12.2. The first-order chi connectivity index (χ1) is 7.41. The van der Waals surface area contributed by atoms with Gasteiger partial charge in [0.2, 0.25) is 0 Å². The highest BCUT2D eigenvalue weighted by Crippen LogP contribution is 2.16. The van der Waals surface area contributed by atoms with E-state index >= 15 is 0 Å². The van der Waals surface area contributed by atoms with Crippen LogP contribution in [-0.4, -0.2) is 35.9 Å². The predicted molar refractivity (Wildman–Crippen MR) is 51.0 cm³/mol. The molecule has 0 radical (unpaired) electrons. The van der Waals surface area contributed by atoms with Crippen LogP contribution in [0.4, 0.5) is 13.2 Å². The maximum Gasteiger partial charge on any atom is 0.256 e. The fraction of sp³-hybridized carbons (Fsp3) is 0.300. The van der Waals surface area contributed by atoms with Crippen molar-refractivity contribution < 1.29 is 23.1 Å². The number of alkyl halides is 2. The molecule has 1 amide bonds. The summed E-state index contributed by atoms with van der Waals surface area (Å²) in [6.45, 7) is -0.765. The Balaban J connectivity index is 2.88. The number of carbonyl (C=O) groups excluding carboxylic acids is 1. The molecule has 1 N–H and O–H groups in total. The van der Waals surface area contributed by atoms with E-state index < -0.39 is 24.7 Å². The Labute approximate surface area is 90.1 Å². The predicted octanol–water partition coefficient (Wildman–Crippen LogP) is 1.87. The van der Waals surface area contributed by atoms with E-state index in [0.717, 1.165) is 30.1 Å². The zero-order valence-corrected chi connectivity index (χ0v) is 8.45. The number of rotatable bonds is 3. The van der Waals surface area contributed by atoms with Gasteiger partial charge in [-0.1, -0.05) is 0 Å². The van der Waals surface area contributed by atoms with Gasteiger partial charge in [-0.15, -0.1) is 0 Å². The molecule has 1 rings (SSSR count). The number of halogens is 3. The standard InChI is InChI=1S/C10H10F3NO2/c1-14(5-9(12)13)10(16)7-3-2-6(15)4-8(7)11/h2-4,9,15H,5H2,1H3. The fourth-order valence-electron chi connectivity index (χ4n) is 1.17. The molecule has 0 aliphatic heterocycles. The van der Waals surface area contributed by atoms with Gasteiger partial charge in [0.05, 0.1) is 12.1 Å². The van der Waals surface area contributed by atoms with Crippen LogP contribution in [0.5, 0.6) is 5.75 Å². The molecule has 1 aromatic carbocycles. The SMILES string of the molecule is CN(CC(F)F)C(=O)c1ccc(O)cc1F. The maximum atomic E-state index is 13.2. The lowest BCUT2D eigenvalue weighted by Crippen LogP contribution is -2.31. The number of aromatic hydroxyl groups is 1. The lowest BCUT2D eigenvalue weighted by molar-refractivity contribution is 0.0616. The molecule has 6 heteroatoms. The van der Waals surface area contributed by atoms with Gasteiger partial charge in [0, 0.05) is 13.1 Å². The second kappa shape index (κ2) is 4.87. The van der Waals surface area contributed by atoms with Crippen molar-refractivity contribution in [3.8, 4) is 5.75 Å². The van der Waals surface area contributed by atoms with Crippen molar-refractivity contribution in [2.75, 3.05) is 13.6 Å². The summed E-state index contributed by atoms with van der Waals surface area (Å²) in [5.41, 5.74) is -0.346. The van der Waals surface area contributed by atoms with Gasteiger partial charge in [-0.05, 0) is 12.1 Å². The summed E-state index contributed by atoms with van der Waals surface area (Å²) >= 11 is 0. The van der Waals surface area contributed by atoms with Crippen LogP contribution in [0, 0.1) is 5.82 Å². The zero-order chi connectivity index (χ0) is 12.3. The first kappa shape index (κ1) is 12.4. The smallest absolute Gasteiger partial charge is 0.256 e. The van der Waals surface area contributed by atoms with Gasteiger partial charge in [0.25, 0.3) is 12.3 Å². The number of benzene rings is 1. The Kier molecular flexibility index (Phi) is 3.76. The van der Waals surface area contributed by atoms with E-state index in [1.54, 1.807) is 0 Å². The van der Waals surface area contributed by atoms with Crippen molar-refractivity contribution in [3.63, 3.8) is 0 Å². The topological polar surface area (TPSA) is 40.5 Å². The number of hydrogen-bond acceptors (Lipinski definition) is 2. The summed E-state index contributed by atoms with van der Waals surface area (Å²) < 4.78 is 37.2. The summed E-state index contributed by atoms with van der Waals surface area (Å²) in [5, 5.41) is 8.92. The Morgan fingerprint density at radius 2 is 2.12 bits per heavy atom. The second-order valence-corrected chi connectivity index (χ2v) is 3.24. The lowest BCUT2D eigenvalue weighted by atomic mass is 10.2. The molecule has 16 heavy (non-hydrogen) atoms. The Hall–Kier alpha value is -1.72. The molecule has 3 nitrogen and oxygen atoms in total. The van der Waals surface area contributed by atoms with Gasteiger partial charge in [-0.3, -0.25) is 4.79 Å². The minimum Gasteiger partial charge on any atom is -0.508 e. The Morgan fingerprint density at radius 1 is 1.50 bits per heavy atom. The number of carbonyl (C=O) groups is 1. The van der Waals surface area contributed by atoms with Gasteiger partial charge in [0.15, 0.2) is 0 Å². The Bertz CT molecular complexity index is 396. The average Bonchev–Trinajstić information content (AvgIpc) is 2.15. The van der Waals surface area contributed by atoms with E-state index in [2.05, 4.69) is 0 Å². The quantitative estimate of drug-likeness (QED) is 0.865. The third-order valence-electron chi connectivity index (χ3n) is 1.94.